The van der Waals surface area contributed by atoms with Gasteiger partial charge in [-0.25, -0.2) is 9.78 Å². The summed E-state index contributed by atoms with van der Waals surface area (Å²) in [4.78, 5) is 43.4. The number of aliphatic hydroxyl groups is 1. The van der Waals surface area contributed by atoms with E-state index in [1.807, 2.05) is 10.8 Å². The van der Waals surface area contributed by atoms with Crippen LogP contribution in [0, 0.1) is 5.92 Å². The topological polar surface area (TPSA) is 125 Å². The Hall–Kier alpha value is -2.42. The summed E-state index contributed by atoms with van der Waals surface area (Å²) in [6, 6.07) is -1.48. The van der Waals surface area contributed by atoms with E-state index in [9.17, 15) is 19.5 Å². The van der Waals surface area contributed by atoms with E-state index in [-0.39, 0.29) is 30.8 Å². The first kappa shape index (κ1) is 23.2. The second kappa shape index (κ2) is 11.3. The van der Waals surface area contributed by atoms with Gasteiger partial charge in [0.1, 0.15) is 12.1 Å². The molecule has 172 valence electrons. The minimum atomic E-state index is -0.980. The Balaban J connectivity index is 1.64. The molecule has 9 nitrogen and oxygen atoms in total. The van der Waals surface area contributed by atoms with Crippen molar-refractivity contribution in [3.05, 3.63) is 18.2 Å². The number of aromatic nitrogens is 2. The lowest BCUT2D eigenvalue weighted by Gasteiger charge is -2.34. The number of nitrogens with one attached hydrogen (secondary N) is 1. The van der Waals surface area contributed by atoms with Crippen molar-refractivity contribution in [1.29, 1.82) is 0 Å². The van der Waals surface area contributed by atoms with Gasteiger partial charge in [0, 0.05) is 25.9 Å². The third-order valence-electron chi connectivity index (χ3n) is 6.38. The van der Waals surface area contributed by atoms with Gasteiger partial charge in [-0.2, -0.15) is 0 Å². The molecule has 0 radical (unpaired) electrons. The minimum Gasteiger partial charge on any atom is -0.480 e. The van der Waals surface area contributed by atoms with Crippen molar-refractivity contribution in [2.45, 2.75) is 82.8 Å². The van der Waals surface area contributed by atoms with Crippen LogP contribution in [0.15, 0.2) is 12.5 Å². The van der Waals surface area contributed by atoms with E-state index in [1.165, 1.54) is 4.90 Å². The number of amides is 2. The normalized spacial score (nSPS) is 20.5. The number of imidazole rings is 1. The minimum absolute atomic E-state index is 0.0382. The maximum absolute atomic E-state index is 13.3. The van der Waals surface area contributed by atoms with Crippen molar-refractivity contribution in [3.8, 4) is 0 Å². The van der Waals surface area contributed by atoms with Crippen molar-refractivity contribution in [3.63, 3.8) is 0 Å². The zero-order valence-electron chi connectivity index (χ0n) is 18.0. The summed E-state index contributed by atoms with van der Waals surface area (Å²) in [7, 11) is 0. The molecule has 0 aromatic carbocycles. The van der Waals surface area contributed by atoms with Crippen molar-refractivity contribution in [1.82, 2.24) is 19.8 Å². The van der Waals surface area contributed by atoms with Crippen LogP contribution in [0.2, 0.25) is 0 Å². The molecule has 2 fully saturated rings. The van der Waals surface area contributed by atoms with Crippen LogP contribution < -0.4 is 5.32 Å². The molecule has 1 aliphatic carbocycles. The third-order valence-corrected chi connectivity index (χ3v) is 6.38. The summed E-state index contributed by atoms with van der Waals surface area (Å²) >= 11 is 0. The lowest BCUT2D eigenvalue weighted by Crippen LogP contribution is -2.55. The van der Waals surface area contributed by atoms with Crippen LogP contribution in [0.5, 0.6) is 0 Å². The van der Waals surface area contributed by atoms with Gasteiger partial charge in [-0.05, 0) is 44.4 Å². The molecule has 1 saturated heterocycles. The number of rotatable bonds is 10. The molecule has 0 unspecified atom stereocenters. The smallest absolute Gasteiger partial charge is 0.326 e. The first-order valence-corrected chi connectivity index (χ1v) is 11.4. The zero-order valence-corrected chi connectivity index (χ0v) is 18.0. The van der Waals surface area contributed by atoms with Crippen LogP contribution >= 0.6 is 0 Å². The molecule has 1 aromatic heterocycles. The molecular formula is C22H34N4O5. The van der Waals surface area contributed by atoms with E-state index in [0.29, 0.717) is 31.5 Å². The Morgan fingerprint density at radius 2 is 1.90 bits per heavy atom. The van der Waals surface area contributed by atoms with Gasteiger partial charge in [0.15, 0.2) is 0 Å². The van der Waals surface area contributed by atoms with Gasteiger partial charge in [0.25, 0.3) is 0 Å². The molecule has 1 aliphatic heterocycles. The molecule has 9 heteroatoms. The first-order valence-electron chi connectivity index (χ1n) is 11.4. The molecular weight excluding hydrogens is 400 g/mol. The summed E-state index contributed by atoms with van der Waals surface area (Å²) < 4.78 is 1.89. The highest BCUT2D eigenvalue weighted by atomic mass is 16.4. The molecule has 2 amide bonds. The number of aliphatic hydroxyl groups excluding tert-OH is 1. The predicted octanol–water partition coefficient (Wildman–Crippen LogP) is 1.34. The van der Waals surface area contributed by atoms with Crippen molar-refractivity contribution >= 4 is 17.8 Å². The number of carboxylic acids is 1. The SMILES string of the molecule is O=C(Cc1cn(CCCCO)cn1)N[C@H](C(=O)N1CCC[C@H]1C(=O)O)C1CCCCC1. The zero-order chi connectivity index (χ0) is 22.2. The van der Waals surface area contributed by atoms with Crippen LogP contribution in [0.1, 0.15) is 63.5 Å². The van der Waals surface area contributed by atoms with Gasteiger partial charge >= 0.3 is 5.97 Å². The van der Waals surface area contributed by atoms with Crippen molar-refractivity contribution < 1.29 is 24.6 Å². The van der Waals surface area contributed by atoms with E-state index in [1.54, 1.807) is 6.33 Å². The summed E-state index contributed by atoms with van der Waals surface area (Å²) in [5, 5.41) is 21.3. The molecule has 2 aliphatic rings. The predicted molar refractivity (Wildman–Crippen MR) is 113 cm³/mol. The van der Waals surface area contributed by atoms with E-state index < -0.39 is 18.1 Å². The lowest BCUT2D eigenvalue weighted by atomic mass is 9.83. The van der Waals surface area contributed by atoms with E-state index in [4.69, 9.17) is 5.11 Å². The molecule has 2 atom stereocenters. The average molecular weight is 435 g/mol. The number of carbonyl (C=O) groups excluding carboxylic acids is 2. The number of aliphatic carboxylic acids is 1. The Kier molecular flexibility index (Phi) is 8.45. The monoisotopic (exact) mass is 434 g/mol. The highest BCUT2D eigenvalue weighted by molar-refractivity contribution is 5.91. The van der Waals surface area contributed by atoms with Gasteiger partial charge in [-0.1, -0.05) is 19.3 Å². The Labute approximate surface area is 182 Å². The third kappa shape index (κ3) is 6.29. The number of nitrogens with zero attached hydrogens (tertiary/aromatic N) is 3. The van der Waals surface area contributed by atoms with E-state index in [2.05, 4.69) is 10.3 Å². The molecule has 0 bridgehead atoms. The van der Waals surface area contributed by atoms with Crippen LogP contribution in [0.3, 0.4) is 0 Å². The fourth-order valence-electron chi connectivity index (χ4n) is 4.73. The fraction of sp³-hybridized carbons (Fsp3) is 0.727. The summed E-state index contributed by atoms with van der Waals surface area (Å²) in [5.74, 6) is -1.47. The molecule has 31 heavy (non-hydrogen) atoms. The maximum Gasteiger partial charge on any atom is 0.326 e. The first-order chi connectivity index (χ1) is 15.0. The molecule has 3 rings (SSSR count). The van der Waals surface area contributed by atoms with Crippen molar-refractivity contribution in [2.75, 3.05) is 13.2 Å². The maximum atomic E-state index is 13.3. The molecule has 2 heterocycles. The van der Waals surface area contributed by atoms with E-state index >= 15 is 0 Å². The Morgan fingerprint density at radius 1 is 1.13 bits per heavy atom. The number of carbonyl (C=O) groups is 3. The quantitative estimate of drug-likeness (QED) is 0.477. The lowest BCUT2D eigenvalue weighted by molar-refractivity contribution is -0.150. The number of hydrogen-bond acceptors (Lipinski definition) is 5. The van der Waals surface area contributed by atoms with Gasteiger partial charge < -0.3 is 25.0 Å². The van der Waals surface area contributed by atoms with E-state index in [0.717, 1.165) is 45.1 Å². The summed E-state index contributed by atoms with van der Waals surface area (Å²) in [6.45, 7) is 1.30. The fourth-order valence-corrected chi connectivity index (χ4v) is 4.73. The van der Waals surface area contributed by atoms with Crippen LogP contribution in [-0.4, -0.2) is 67.7 Å². The van der Waals surface area contributed by atoms with Gasteiger partial charge in [0.2, 0.25) is 11.8 Å². The summed E-state index contributed by atoms with van der Waals surface area (Å²) in [6.07, 6.45) is 11.1. The highest BCUT2D eigenvalue weighted by Crippen LogP contribution is 2.29. The van der Waals surface area contributed by atoms with Crippen LogP contribution in [0.25, 0.3) is 0 Å². The number of aryl methyl sites for hydroxylation is 1. The van der Waals surface area contributed by atoms with Gasteiger partial charge in [-0.3, -0.25) is 9.59 Å². The van der Waals surface area contributed by atoms with Gasteiger partial charge in [-0.15, -0.1) is 0 Å². The van der Waals surface area contributed by atoms with Gasteiger partial charge in [0.05, 0.1) is 18.4 Å². The highest BCUT2D eigenvalue weighted by Gasteiger charge is 2.40. The molecule has 1 saturated carbocycles. The standard InChI is InChI=1S/C22H34N4O5/c27-12-5-4-10-25-14-17(23-15-25)13-19(28)24-20(16-7-2-1-3-8-16)21(29)26-11-6-9-18(26)22(30)31/h14-16,18,20,27H,1-13H2,(H,24,28)(H,30,31)/t18-,20-/m0/s1. The largest absolute Gasteiger partial charge is 0.480 e. The number of likely N-dealkylation sites (tertiary alicyclic amines) is 1. The number of hydrogen-bond donors (Lipinski definition) is 3. The molecule has 0 spiro atoms. The van der Waals surface area contributed by atoms with Crippen LogP contribution in [0.4, 0.5) is 0 Å². The number of unbranched alkanes of at least 4 members (excludes halogenated alkanes) is 1. The Bertz CT molecular complexity index is 759. The Morgan fingerprint density at radius 3 is 2.61 bits per heavy atom. The summed E-state index contributed by atoms with van der Waals surface area (Å²) in [5.41, 5.74) is 0.626. The number of carboxylic acid groups (broad SMARTS) is 1. The van der Waals surface area contributed by atoms with Crippen LogP contribution in [-0.2, 0) is 27.3 Å². The second-order valence-corrected chi connectivity index (χ2v) is 8.68. The van der Waals surface area contributed by atoms with Crippen molar-refractivity contribution in [2.24, 2.45) is 5.92 Å². The second-order valence-electron chi connectivity index (χ2n) is 8.68. The molecule has 1 aromatic rings. The molecule has 3 N–H and O–H groups in total. The average Bonchev–Trinajstić information content (AvgIpc) is 3.42.